The largest absolute Gasteiger partial charge is 0.370 e. The van der Waals surface area contributed by atoms with Crippen LogP contribution in [0.4, 0.5) is 5.82 Å². The minimum Gasteiger partial charge on any atom is -0.370 e. The molecule has 0 saturated carbocycles. The minimum absolute atomic E-state index is 0.988. The van der Waals surface area contributed by atoms with Crippen LogP contribution in [-0.4, -0.2) is 16.3 Å². The average molecular weight is 447 g/mol. The molecular weight excluding hydrogens is 430 g/mol. The molecule has 1 N–H and O–H groups in total. The van der Waals surface area contributed by atoms with E-state index in [0.717, 1.165) is 44.7 Å². The van der Waals surface area contributed by atoms with Gasteiger partial charge in [-0.25, -0.2) is 4.68 Å². The summed E-state index contributed by atoms with van der Waals surface area (Å²) < 4.78 is 4.18. The topological polar surface area (TPSA) is 29.9 Å². The lowest BCUT2D eigenvalue weighted by atomic mass is 10.0. The van der Waals surface area contributed by atoms with Crippen molar-refractivity contribution in [2.45, 2.75) is 19.3 Å². The zero-order valence-electron chi connectivity index (χ0n) is 13.1. The summed E-state index contributed by atoms with van der Waals surface area (Å²) in [6, 6.07) is 16.6. The third-order valence-electron chi connectivity index (χ3n) is 4.31. The van der Waals surface area contributed by atoms with Crippen LogP contribution >= 0.6 is 31.9 Å². The maximum Gasteiger partial charge on any atom is 0.133 e. The normalized spacial score (nSPS) is 13.9. The monoisotopic (exact) mass is 445 g/mol. The molecule has 2 aromatic carbocycles. The lowest BCUT2D eigenvalue weighted by molar-refractivity contribution is 0.780. The van der Waals surface area contributed by atoms with Crippen molar-refractivity contribution in [1.29, 1.82) is 0 Å². The number of nitrogens with zero attached hydrogens (tertiary/aromatic N) is 2. The Morgan fingerprint density at radius 2 is 1.88 bits per heavy atom. The summed E-state index contributed by atoms with van der Waals surface area (Å²) in [6.07, 6.45) is 3.41. The fraction of sp³-hybridized carbons (Fsp3) is 0.211. The van der Waals surface area contributed by atoms with E-state index in [1.54, 1.807) is 0 Å². The van der Waals surface area contributed by atoms with Crippen molar-refractivity contribution in [3.63, 3.8) is 0 Å². The number of rotatable bonds is 2. The van der Waals surface area contributed by atoms with Crippen LogP contribution in [0.15, 0.2) is 57.5 Å². The first-order chi connectivity index (χ1) is 11.7. The van der Waals surface area contributed by atoms with E-state index < -0.39 is 0 Å². The Morgan fingerprint density at radius 3 is 2.71 bits per heavy atom. The van der Waals surface area contributed by atoms with Crippen LogP contribution in [0.3, 0.4) is 0 Å². The van der Waals surface area contributed by atoms with Crippen molar-refractivity contribution in [2.75, 3.05) is 11.9 Å². The molecule has 0 spiro atoms. The van der Waals surface area contributed by atoms with Crippen LogP contribution in [0.5, 0.6) is 0 Å². The van der Waals surface area contributed by atoms with Crippen molar-refractivity contribution >= 4 is 37.7 Å². The number of hydrogen-bond donors (Lipinski definition) is 1. The van der Waals surface area contributed by atoms with Gasteiger partial charge in [0.1, 0.15) is 5.82 Å². The summed E-state index contributed by atoms with van der Waals surface area (Å²) >= 11 is 7.25. The molecule has 0 amide bonds. The summed E-state index contributed by atoms with van der Waals surface area (Å²) in [5, 5.41) is 8.57. The fourth-order valence-corrected chi connectivity index (χ4v) is 4.03. The third kappa shape index (κ3) is 2.91. The SMILES string of the molecule is Brc1cccc(-n2nc(-c3ccccc3Br)c3c2NCCCC3)c1. The van der Waals surface area contributed by atoms with Gasteiger partial charge in [-0.15, -0.1) is 0 Å². The molecule has 5 heteroatoms. The number of aromatic nitrogens is 2. The second-order valence-electron chi connectivity index (χ2n) is 5.93. The highest BCUT2D eigenvalue weighted by Crippen LogP contribution is 2.37. The van der Waals surface area contributed by atoms with Crippen LogP contribution in [0.25, 0.3) is 16.9 Å². The number of halogens is 2. The standard InChI is InChI=1S/C19H17Br2N3/c20-13-6-5-7-14(12-13)24-19-16(9-3-4-11-22-19)18(23-24)15-8-1-2-10-17(15)21/h1-2,5-8,10,12,22H,3-4,9,11H2. The third-order valence-corrected chi connectivity index (χ3v) is 5.50. The molecule has 0 aliphatic carbocycles. The van der Waals surface area contributed by atoms with Crippen molar-refractivity contribution in [2.24, 2.45) is 0 Å². The highest BCUT2D eigenvalue weighted by atomic mass is 79.9. The first-order valence-corrected chi connectivity index (χ1v) is 9.69. The second kappa shape index (κ2) is 6.73. The van der Waals surface area contributed by atoms with Gasteiger partial charge in [0.15, 0.2) is 0 Å². The van der Waals surface area contributed by atoms with Crippen molar-refractivity contribution in [3.05, 3.63) is 63.0 Å². The van der Waals surface area contributed by atoms with Gasteiger partial charge >= 0.3 is 0 Å². The Balaban J connectivity index is 1.94. The number of anilines is 1. The van der Waals surface area contributed by atoms with Crippen LogP contribution in [0, 0.1) is 0 Å². The average Bonchev–Trinajstić information content (AvgIpc) is 2.77. The van der Waals surface area contributed by atoms with Crippen LogP contribution in [-0.2, 0) is 6.42 Å². The Morgan fingerprint density at radius 1 is 1.00 bits per heavy atom. The Bertz CT molecular complexity index is 886. The highest BCUT2D eigenvalue weighted by molar-refractivity contribution is 9.10. The smallest absolute Gasteiger partial charge is 0.133 e. The first kappa shape index (κ1) is 15.9. The molecule has 0 fully saturated rings. The van der Waals surface area contributed by atoms with Gasteiger partial charge in [0, 0.05) is 26.6 Å². The molecule has 0 radical (unpaired) electrons. The molecule has 0 unspecified atom stereocenters. The van der Waals surface area contributed by atoms with Crippen LogP contribution in [0.2, 0.25) is 0 Å². The van der Waals surface area contributed by atoms with Crippen molar-refractivity contribution in [1.82, 2.24) is 9.78 Å². The molecule has 24 heavy (non-hydrogen) atoms. The van der Waals surface area contributed by atoms with Crippen LogP contribution in [0.1, 0.15) is 18.4 Å². The predicted octanol–water partition coefficient (Wildman–Crippen LogP) is 5.81. The molecule has 0 bridgehead atoms. The second-order valence-corrected chi connectivity index (χ2v) is 7.70. The van der Waals surface area contributed by atoms with Gasteiger partial charge in [-0.1, -0.05) is 56.1 Å². The van der Waals surface area contributed by atoms with E-state index in [1.165, 1.54) is 18.4 Å². The van der Waals surface area contributed by atoms with E-state index in [9.17, 15) is 0 Å². The van der Waals surface area contributed by atoms with E-state index in [1.807, 2.05) is 22.9 Å². The van der Waals surface area contributed by atoms with Crippen molar-refractivity contribution < 1.29 is 0 Å². The molecule has 0 saturated heterocycles. The van der Waals surface area contributed by atoms with Crippen LogP contribution < -0.4 is 5.32 Å². The maximum atomic E-state index is 4.98. The molecule has 122 valence electrons. The summed E-state index contributed by atoms with van der Waals surface area (Å²) in [4.78, 5) is 0. The molecule has 2 heterocycles. The van der Waals surface area contributed by atoms with E-state index in [2.05, 4.69) is 67.5 Å². The molecular formula is C19H17Br2N3. The fourth-order valence-electron chi connectivity index (χ4n) is 3.17. The lowest BCUT2D eigenvalue weighted by Gasteiger charge is -2.09. The zero-order valence-corrected chi connectivity index (χ0v) is 16.3. The molecule has 1 aliphatic rings. The van der Waals surface area contributed by atoms with Gasteiger partial charge in [0.05, 0.1) is 11.4 Å². The van der Waals surface area contributed by atoms with Gasteiger partial charge in [-0.2, -0.15) is 5.10 Å². The summed E-state index contributed by atoms with van der Waals surface area (Å²) in [5.41, 5.74) is 4.57. The molecule has 1 aromatic heterocycles. The van der Waals surface area contributed by atoms with Gasteiger partial charge in [-0.05, 0) is 43.5 Å². The molecule has 0 atom stereocenters. The van der Waals surface area contributed by atoms with E-state index in [4.69, 9.17) is 5.10 Å². The molecule has 4 rings (SSSR count). The van der Waals surface area contributed by atoms with E-state index in [0.29, 0.717) is 0 Å². The molecule has 3 aromatic rings. The predicted molar refractivity (Wildman–Crippen MR) is 106 cm³/mol. The Hall–Kier alpha value is -1.59. The van der Waals surface area contributed by atoms with E-state index in [-0.39, 0.29) is 0 Å². The molecule has 1 aliphatic heterocycles. The summed E-state index contributed by atoms with van der Waals surface area (Å²) in [7, 11) is 0. The summed E-state index contributed by atoms with van der Waals surface area (Å²) in [5.74, 6) is 1.12. The summed E-state index contributed by atoms with van der Waals surface area (Å²) in [6.45, 7) is 0.988. The number of nitrogens with one attached hydrogen (secondary N) is 1. The van der Waals surface area contributed by atoms with Gasteiger partial charge < -0.3 is 5.32 Å². The Labute approximate surface area is 158 Å². The quantitative estimate of drug-likeness (QED) is 0.538. The van der Waals surface area contributed by atoms with Gasteiger partial charge in [-0.3, -0.25) is 0 Å². The number of fused-ring (bicyclic) bond motifs is 1. The van der Waals surface area contributed by atoms with Gasteiger partial charge in [0.25, 0.3) is 0 Å². The number of hydrogen-bond acceptors (Lipinski definition) is 2. The van der Waals surface area contributed by atoms with Crippen molar-refractivity contribution in [3.8, 4) is 16.9 Å². The number of benzene rings is 2. The highest BCUT2D eigenvalue weighted by Gasteiger charge is 2.22. The maximum absolute atomic E-state index is 4.98. The van der Waals surface area contributed by atoms with E-state index >= 15 is 0 Å². The first-order valence-electron chi connectivity index (χ1n) is 8.10. The molecule has 3 nitrogen and oxygen atoms in total. The zero-order chi connectivity index (χ0) is 16.5. The van der Waals surface area contributed by atoms with Gasteiger partial charge in [0.2, 0.25) is 0 Å². The lowest BCUT2D eigenvalue weighted by Crippen LogP contribution is -2.07. The minimum atomic E-state index is 0.988. The Kier molecular flexibility index (Phi) is 4.46.